The zero-order valence-electron chi connectivity index (χ0n) is 9.49. The van der Waals surface area contributed by atoms with Gasteiger partial charge in [-0.2, -0.15) is 0 Å². The van der Waals surface area contributed by atoms with Gasteiger partial charge in [-0.05, 0) is 42.1 Å². The molecule has 0 saturated heterocycles. The molecule has 17 heavy (non-hydrogen) atoms. The summed E-state index contributed by atoms with van der Waals surface area (Å²) in [6.45, 7) is 1.76. The second-order valence-corrected chi connectivity index (χ2v) is 4.58. The van der Waals surface area contributed by atoms with Crippen molar-refractivity contribution in [3.8, 4) is 5.75 Å². The van der Waals surface area contributed by atoms with Crippen molar-refractivity contribution < 1.29 is 13.9 Å². The van der Waals surface area contributed by atoms with E-state index in [-0.39, 0.29) is 5.78 Å². The predicted octanol–water partition coefficient (Wildman–Crippen LogP) is 3.44. The zero-order valence-corrected chi connectivity index (χ0v) is 10.3. The van der Waals surface area contributed by atoms with E-state index < -0.39 is 5.82 Å². The number of thiophene rings is 1. The Kier molecular flexibility index (Phi) is 3.24. The Morgan fingerprint density at radius 3 is 2.76 bits per heavy atom. The molecule has 0 saturated carbocycles. The topological polar surface area (TPSA) is 26.3 Å². The Morgan fingerprint density at radius 1 is 1.35 bits per heavy atom. The number of carbonyl (C=O) groups excluding carboxylic acids is 1. The summed E-state index contributed by atoms with van der Waals surface area (Å²) >= 11 is 1.29. The van der Waals surface area contributed by atoms with E-state index in [2.05, 4.69) is 0 Å². The summed E-state index contributed by atoms with van der Waals surface area (Å²) in [6.07, 6.45) is 0. The summed E-state index contributed by atoms with van der Waals surface area (Å²) in [5, 5.41) is 1.78. The molecular weight excluding hydrogens is 239 g/mol. The van der Waals surface area contributed by atoms with Crippen LogP contribution in [0.15, 0.2) is 29.6 Å². The first kappa shape index (κ1) is 11.8. The maximum atomic E-state index is 13.2. The Morgan fingerprint density at radius 2 is 2.12 bits per heavy atom. The van der Waals surface area contributed by atoms with E-state index in [4.69, 9.17) is 4.74 Å². The number of ether oxygens (including phenoxy) is 1. The number of methoxy groups -OCH3 is 1. The van der Waals surface area contributed by atoms with Crippen LogP contribution in [-0.2, 0) is 0 Å². The smallest absolute Gasteiger partial charge is 0.206 e. The third-order valence-corrected chi connectivity index (χ3v) is 3.25. The minimum absolute atomic E-state index is 0.209. The normalized spacial score (nSPS) is 10.3. The van der Waals surface area contributed by atoms with Gasteiger partial charge in [0.15, 0.2) is 0 Å². The molecule has 0 aliphatic carbocycles. The summed E-state index contributed by atoms with van der Waals surface area (Å²) in [6, 6.07) is 6.03. The van der Waals surface area contributed by atoms with Crippen LogP contribution in [0.2, 0.25) is 0 Å². The highest BCUT2D eigenvalue weighted by Gasteiger charge is 2.16. The molecule has 1 aromatic carbocycles. The van der Waals surface area contributed by atoms with Crippen LogP contribution in [0.4, 0.5) is 4.39 Å². The number of carbonyl (C=O) groups is 1. The molecule has 0 fully saturated rings. The quantitative estimate of drug-likeness (QED) is 0.780. The fourth-order valence-corrected chi connectivity index (χ4v) is 2.44. The maximum absolute atomic E-state index is 13.2. The van der Waals surface area contributed by atoms with Crippen LogP contribution in [0.25, 0.3) is 0 Å². The number of hydrogen-bond donors (Lipinski definition) is 0. The molecular formula is C13H11FO2S. The first-order valence-electron chi connectivity index (χ1n) is 5.05. The predicted molar refractivity (Wildman–Crippen MR) is 65.4 cm³/mol. The van der Waals surface area contributed by atoms with E-state index in [0.29, 0.717) is 16.2 Å². The number of ketones is 1. The second kappa shape index (κ2) is 4.67. The van der Waals surface area contributed by atoms with Crippen molar-refractivity contribution in [2.24, 2.45) is 0 Å². The number of hydrogen-bond acceptors (Lipinski definition) is 3. The van der Waals surface area contributed by atoms with Crippen LogP contribution >= 0.6 is 11.3 Å². The molecule has 2 rings (SSSR count). The Balaban J connectivity index is 2.43. The van der Waals surface area contributed by atoms with Crippen molar-refractivity contribution in [3.63, 3.8) is 0 Å². The fraction of sp³-hybridized carbons (Fsp3) is 0.154. The monoisotopic (exact) mass is 250 g/mol. The Hall–Kier alpha value is -1.68. The summed E-state index contributed by atoms with van der Waals surface area (Å²) in [4.78, 5) is 12.7. The average Bonchev–Trinajstić information content (AvgIpc) is 2.74. The second-order valence-electron chi connectivity index (χ2n) is 3.66. The molecule has 0 amide bonds. The first-order chi connectivity index (χ1) is 8.11. The standard InChI is InChI=1S/C13H11FO2S/c1-8-5-9(7-10(14)6-8)12(15)13-11(16-2)3-4-17-13/h3-7H,1-2H3. The molecule has 88 valence electrons. The molecule has 0 N–H and O–H groups in total. The van der Waals surface area contributed by atoms with E-state index >= 15 is 0 Å². The van der Waals surface area contributed by atoms with Gasteiger partial charge in [0.2, 0.25) is 5.78 Å². The van der Waals surface area contributed by atoms with E-state index in [0.717, 1.165) is 5.56 Å². The van der Waals surface area contributed by atoms with Gasteiger partial charge in [0.05, 0.1) is 7.11 Å². The van der Waals surface area contributed by atoms with Crippen LogP contribution < -0.4 is 4.74 Å². The van der Waals surface area contributed by atoms with Crippen LogP contribution in [-0.4, -0.2) is 12.9 Å². The molecule has 0 atom stereocenters. The van der Waals surface area contributed by atoms with E-state index in [9.17, 15) is 9.18 Å². The van der Waals surface area contributed by atoms with Gasteiger partial charge in [0.1, 0.15) is 16.4 Å². The van der Waals surface area contributed by atoms with Gasteiger partial charge < -0.3 is 4.74 Å². The van der Waals surface area contributed by atoms with Gasteiger partial charge in [-0.1, -0.05) is 0 Å². The van der Waals surface area contributed by atoms with Crippen molar-refractivity contribution >= 4 is 17.1 Å². The first-order valence-corrected chi connectivity index (χ1v) is 5.93. The van der Waals surface area contributed by atoms with Gasteiger partial charge in [-0.15, -0.1) is 11.3 Å². The lowest BCUT2D eigenvalue weighted by Gasteiger charge is -2.03. The highest BCUT2D eigenvalue weighted by Crippen LogP contribution is 2.27. The number of aryl methyl sites for hydroxylation is 1. The molecule has 0 radical (unpaired) electrons. The lowest BCUT2D eigenvalue weighted by Crippen LogP contribution is -2.02. The Bertz CT molecular complexity index is 540. The minimum atomic E-state index is -0.399. The molecule has 4 heteroatoms. The van der Waals surface area contributed by atoms with Gasteiger partial charge in [-0.3, -0.25) is 4.79 Å². The van der Waals surface area contributed by atoms with E-state index in [1.165, 1.54) is 30.6 Å². The van der Waals surface area contributed by atoms with Crippen molar-refractivity contribution in [2.45, 2.75) is 6.92 Å². The van der Waals surface area contributed by atoms with Gasteiger partial charge in [0.25, 0.3) is 0 Å². The average molecular weight is 250 g/mol. The summed E-state index contributed by atoms with van der Waals surface area (Å²) in [5.41, 5.74) is 1.08. The minimum Gasteiger partial charge on any atom is -0.495 e. The summed E-state index contributed by atoms with van der Waals surface area (Å²) in [5.74, 6) is -0.0785. The lowest BCUT2D eigenvalue weighted by atomic mass is 10.1. The molecule has 1 heterocycles. The van der Waals surface area contributed by atoms with Crippen molar-refractivity contribution in [2.75, 3.05) is 7.11 Å². The zero-order chi connectivity index (χ0) is 12.4. The summed E-state index contributed by atoms with van der Waals surface area (Å²) < 4.78 is 18.3. The molecule has 0 aliphatic rings. The van der Waals surface area contributed by atoms with Gasteiger partial charge in [-0.25, -0.2) is 4.39 Å². The maximum Gasteiger partial charge on any atom is 0.206 e. The van der Waals surface area contributed by atoms with Crippen LogP contribution in [0, 0.1) is 12.7 Å². The number of benzene rings is 1. The molecule has 0 unspecified atom stereocenters. The van der Waals surface area contributed by atoms with Crippen LogP contribution in [0.1, 0.15) is 20.8 Å². The SMILES string of the molecule is COc1ccsc1C(=O)c1cc(C)cc(F)c1. The van der Waals surface area contributed by atoms with Crippen molar-refractivity contribution in [1.82, 2.24) is 0 Å². The third kappa shape index (κ3) is 2.36. The summed E-state index contributed by atoms with van der Waals surface area (Å²) in [7, 11) is 1.51. The molecule has 0 bridgehead atoms. The highest BCUT2D eigenvalue weighted by atomic mass is 32.1. The highest BCUT2D eigenvalue weighted by molar-refractivity contribution is 7.12. The number of rotatable bonds is 3. The van der Waals surface area contributed by atoms with E-state index in [1.807, 2.05) is 0 Å². The molecule has 0 aliphatic heterocycles. The van der Waals surface area contributed by atoms with Crippen molar-refractivity contribution in [3.05, 3.63) is 51.5 Å². The van der Waals surface area contributed by atoms with Crippen LogP contribution in [0.5, 0.6) is 5.75 Å². The van der Waals surface area contributed by atoms with Crippen molar-refractivity contribution in [1.29, 1.82) is 0 Å². The lowest BCUT2D eigenvalue weighted by molar-refractivity contribution is 0.103. The third-order valence-electron chi connectivity index (χ3n) is 2.36. The largest absolute Gasteiger partial charge is 0.495 e. The Labute approximate surface area is 103 Å². The van der Waals surface area contributed by atoms with Gasteiger partial charge in [0, 0.05) is 5.56 Å². The molecule has 1 aromatic heterocycles. The van der Waals surface area contributed by atoms with E-state index in [1.54, 1.807) is 24.4 Å². The van der Waals surface area contributed by atoms with Gasteiger partial charge >= 0.3 is 0 Å². The number of halogens is 1. The molecule has 0 spiro atoms. The molecule has 2 nitrogen and oxygen atoms in total. The van der Waals surface area contributed by atoms with Crippen LogP contribution in [0.3, 0.4) is 0 Å². The fourth-order valence-electron chi connectivity index (χ4n) is 1.62. The molecule has 2 aromatic rings.